The van der Waals surface area contributed by atoms with Crippen molar-refractivity contribution in [2.75, 3.05) is 0 Å². The minimum atomic E-state index is -0.673. The van der Waals surface area contributed by atoms with Gasteiger partial charge in [-0.05, 0) is 110 Å². The number of ketones is 1. The van der Waals surface area contributed by atoms with Gasteiger partial charge in [-0.15, -0.1) is 0 Å². The molecule has 4 aromatic rings. The molecule has 1 aliphatic carbocycles. The molecule has 1 fully saturated rings. The Hall–Kier alpha value is -4.03. The summed E-state index contributed by atoms with van der Waals surface area (Å²) in [5.41, 5.74) is 4.09. The highest BCUT2D eigenvalue weighted by atomic mass is 16.5. The number of fused-ring (bicyclic) bond motifs is 1. The lowest BCUT2D eigenvalue weighted by Crippen LogP contribution is -2.38. The topological polar surface area (TPSA) is 81.4 Å². The molecule has 0 saturated heterocycles. The number of aliphatic hydroxyl groups excluding tert-OH is 1. The molecule has 45 heavy (non-hydrogen) atoms. The SMILES string of the molecule is CC(C)c1ccc2c(c1)[C@@H](CC[C@@H](O)[C@@H](CC(=O)c1ccc(=O)n(-c3ccccc3)n1)Cc1ccccc1)CC1(CCCC1)O2. The lowest BCUT2D eigenvalue weighted by atomic mass is 9.77. The van der Waals surface area contributed by atoms with Crippen LogP contribution in [0.25, 0.3) is 5.69 Å². The molecule has 6 heteroatoms. The number of carbonyl (C=O) groups excluding carboxylic acids is 1. The number of hydrogen-bond donors (Lipinski definition) is 1. The molecular weight excluding hydrogens is 560 g/mol. The van der Waals surface area contributed by atoms with E-state index in [1.54, 1.807) is 12.1 Å². The number of aliphatic hydroxyl groups is 1. The summed E-state index contributed by atoms with van der Waals surface area (Å²) in [5, 5.41) is 16.2. The van der Waals surface area contributed by atoms with E-state index in [0.717, 1.165) is 37.0 Å². The summed E-state index contributed by atoms with van der Waals surface area (Å²) in [6.07, 6.45) is 7.00. The number of carbonyl (C=O) groups is 1. The second kappa shape index (κ2) is 13.5. The summed E-state index contributed by atoms with van der Waals surface area (Å²) in [6.45, 7) is 4.43. The van der Waals surface area contributed by atoms with E-state index < -0.39 is 6.10 Å². The summed E-state index contributed by atoms with van der Waals surface area (Å²) in [5.74, 6) is 1.25. The molecule has 3 atom stereocenters. The van der Waals surface area contributed by atoms with E-state index >= 15 is 0 Å². The van der Waals surface area contributed by atoms with Crippen LogP contribution in [0.15, 0.2) is 95.8 Å². The van der Waals surface area contributed by atoms with Gasteiger partial charge in [0.05, 0.1) is 11.8 Å². The average molecular weight is 605 g/mol. The van der Waals surface area contributed by atoms with Gasteiger partial charge in [0.1, 0.15) is 17.0 Å². The van der Waals surface area contributed by atoms with E-state index in [0.29, 0.717) is 30.4 Å². The molecule has 1 N–H and O–H groups in total. The number of benzene rings is 3. The fourth-order valence-corrected chi connectivity index (χ4v) is 7.28. The number of Topliss-reactive ketones (excluding diaryl/α,β-unsaturated/α-hetero) is 1. The third-order valence-electron chi connectivity index (χ3n) is 9.83. The van der Waals surface area contributed by atoms with Crippen molar-refractivity contribution >= 4 is 5.78 Å². The highest BCUT2D eigenvalue weighted by Crippen LogP contribution is 2.50. The minimum absolute atomic E-state index is 0.102. The summed E-state index contributed by atoms with van der Waals surface area (Å²) in [6, 6.07) is 28.7. The van der Waals surface area contributed by atoms with Gasteiger partial charge in [-0.3, -0.25) is 9.59 Å². The molecule has 1 saturated carbocycles. The quantitative estimate of drug-likeness (QED) is 0.177. The van der Waals surface area contributed by atoms with Crippen molar-refractivity contribution in [3.63, 3.8) is 0 Å². The molecule has 234 valence electrons. The Morgan fingerprint density at radius 1 is 0.978 bits per heavy atom. The first kappa shape index (κ1) is 31.0. The van der Waals surface area contributed by atoms with Crippen LogP contribution in [-0.4, -0.2) is 32.4 Å². The third kappa shape index (κ3) is 7.12. The molecule has 0 unspecified atom stereocenters. The Morgan fingerprint density at radius 2 is 1.69 bits per heavy atom. The molecular formula is C39H44N2O4. The number of rotatable bonds is 11. The van der Waals surface area contributed by atoms with Gasteiger partial charge < -0.3 is 9.84 Å². The van der Waals surface area contributed by atoms with Crippen LogP contribution in [0.5, 0.6) is 5.75 Å². The predicted octanol–water partition coefficient (Wildman–Crippen LogP) is 7.81. The number of hydrogen-bond acceptors (Lipinski definition) is 5. The maximum atomic E-state index is 13.7. The standard InChI is InChI=1S/C39H44N2O4/c1-27(2)29-16-19-37-33(24-29)30(26-39(45-37)21-9-10-22-39)15-18-35(42)31(23-28-11-5-3-6-12-28)25-36(43)34-17-20-38(44)41(40-34)32-13-7-4-8-14-32/h3-8,11-14,16-17,19-20,24,27,30-31,35,42H,9-10,15,18,21-23,25-26H2,1-2H3/t30-,31+,35+/m0/s1. The molecule has 1 aliphatic heterocycles. The highest BCUT2D eigenvalue weighted by Gasteiger charge is 2.43. The van der Waals surface area contributed by atoms with Gasteiger partial charge >= 0.3 is 0 Å². The van der Waals surface area contributed by atoms with E-state index in [1.807, 2.05) is 48.5 Å². The maximum Gasteiger partial charge on any atom is 0.271 e. The Kier molecular flexibility index (Phi) is 9.32. The van der Waals surface area contributed by atoms with Gasteiger partial charge in [-0.2, -0.15) is 9.78 Å². The first-order valence-corrected chi connectivity index (χ1v) is 16.5. The van der Waals surface area contributed by atoms with Crippen LogP contribution >= 0.6 is 0 Å². The largest absolute Gasteiger partial charge is 0.487 e. The number of ether oxygens (including phenoxy) is 1. The van der Waals surface area contributed by atoms with Gasteiger partial charge in [0.25, 0.3) is 5.56 Å². The van der Waals surface area contributed by atoms with E-state index in [4.69, 9.17) is 4.74 Å². The first-order chi connectivity index (χ1) is 21.8. The van der Waals surface area contributed by atoms with Crippen LogP contribution in [0.3, 0.4) is 0 Å². The smallest absolute Gasteiger partial charge is 0.271 e. The van der Waals surface area contributed by atoms with Gasteiger partial charge in [-0.1, -0.05) is 74.5 Å². The lowest BCUT2D eigenvalue weighted by molar-refractivity contribution is 0.0343. The molecule has 1 aromatic heterocycles. The maximum absolute atomic E-state index is 13.7. The second-order valence-electron chi connectivity index (χ2n) is 13.4. The van der Waals surface area contributed by atoms with E-state index in [2.05, 4.69) is 37.1 Å². The van der Waals surface area contributed by atoms with Gasteiger partial charge in [0.15, 0.2) is 5.78 Å². The molecule has 6 nitrogen and oxygen atoms in total. The van der Waals surface area contributed by atoms with Crippen LogP contribution in [0.1, 0.15) is 104 Å². The van der Waals surface area contributed by atoms with Gasteiger partial charge in [0, 0.05) is 12.5 Å². The van der Waals surface area contributed by atoms with Crippen molar-refractivity contribution < 1.29 is 14.6 Å². The normalized spacial score (nSPS) is 18.4. The molecule has 0 bridgehead atoms. The van der Waals surface area contributed by atoms with E-state index in [1.165, 1.54) is 40.8 Å². The fraction of sp³-hybridized carbons (Fsp3) is 0.410. The predicted molar refractivity (Wildman–Crippen MR) is 177 cm³/mol. The van der Waals surface area contributed by atoms with Gasteiger partial charge in [-0.25, -0.2) is 0 Å². The third-order valence-corrected chi connectivity index (χ3v) is 9.83. The van der Waals surface area contributed by atoms with Crippen molar-refractivity contribution in [1.82, 2.24) is 9.78 Å². The van der Waals surface area contributed by atoms with Crippen LogP contribution in [0.4, 0.5) is 0 Å². The Bertz CT molecular complexity index is 1660. The Morgan fingerprint density at radius 3 is 2.40 bits per heavy atom. The van der Waals surface area contributed by atoms with Crippen molar-refractivity contribution in [2.24, 2.45) is 5.92 Å². The fourth-order valence-electron chi connectivity index (χ4n) is 7.28. The minimum Gasteiger partial charge on any atom is -0.487 e. The molecule has 2 heterocycles. The molecule has 6 rings (SSSR count). The zero-order valence-corrected chi connectivity index (χ0v) is 26.4. The second-order valence-corrected chi connectivity index (χ2v) is 13.4. The monoisotopic (exact) mass is 604 g/mol. The zero-order valence-electron chi connectivity index (χ0n) is 26.4. The van der Waals surface area contributed by atoms with Crippen LogP contribution in [-0.2, 0) is 6.42 Å². The summed E-state index contributed by atoms with van der Waals surface area (Å²) in [4.78, 5) is 26.3. The highest BCUT2D eigenvalue weighted by molar-refractivity contribution is 5.94. The molecule has 2 aliphatic rings. The molecule has 1 spiro atoms. The molecule has 0 amide bonds. The van der Waals surface area contributed by atoms with Crippen molar-refractivity contribution in [3.8, 4) is 11.4 Å². The van der Waals surface area contributed by atoms with Crippen LogP contribution in [0.2, 0.25) is 0 Å². The lowest BCUT2D eigenvalue weighted by Gasteiger charge is -2.41. The number of para-hydroxylation sites is 1. The Balaban J connectivity index is 1.23. The van der Waals surface area contributed by atoms with E-state index in [9.17, 15) is 14.7 Å². The number of aromatic nitrogens is 2. The van der Waals surface area contributed by atoms with Crippen LogP contribution in [0, 0.1) is 5.92 Å². The summed E-state index contributed by atoms with van der Waals surface area (Å²) >= 11 is 0. The van der Waals surface area contributed by atoms with Crippen LogP contribution < -0.4 is 10.3 Å². The summed E-state index contributed by atoms with van der Waals surface area (Å²) < 4.78 is 7.96. The summed E-state index contributed by atoms with van der Waals surface area (Å²) in [7, 11) is 0. The van der Waals surface area contributed by atoms with Crippen molar-refractivity contribution in [2.45, 2.75) is 95.2 Å². The average Bonchev–Trinajstić information content (AvgIpc) is 3.50. The number of nitrogens with zero attached hydrogens (tertiary/aromatic N) is 2. The molecule has 0 radical (unpaired) electrons. The molecule has 3 aromatic carbocycles. The van der Waals surface area contributed by atoms with Crippen molar-refractivity contribution in [1.29, 1.82) is 0 Å². The van der Waals surface area contributed by atoms with Crippen molar-refractivity contribution in [3.05, 3.63) is 124 Å². The zero-order chi connectivity index (χ0) is 31.4. The first-order valence-electron chi connectivity index (χ1n) is 16.5. The Labute approximate surface area is 266 Å². The van der Waals surface area contributed by atoms with Gasteiger partial charge in [0.2, 0.25) is 0 Å². The van der Waals surface area contributed by atoms with E-state index in [-0.39, 0.29) is 35.0 Å².